The number of carboxylic acids is 1. The molecule has 1 aliphatic rings. The van der Waals surface area contributed by atoms with Gasteiger partial charge in [0.05, 0.1) is 5.41 Å². The summed E-state index contributed by atoms with van der Waals surface area (Å²) in [6.45, 7) is 4.92. The number of carbonyl (C=O) groups is 3. The second-order valence-electron chi connectivity index (χ2n) is 6.15. The minimum absolute atomic E-state index is 0.122. The molecule has 21 heavy (non-hydrogen) atoms. The Balaban J connectivity index is 2.38. The van der Waals surface area contributed by atoms with E-state index in [1.54, 1.807) is 25.8 Å². The van der Waals surface area contributed by atoms with Crippen LogP contribution in [0.1, 0.15) is 33.1 Å². The summed E-state index contributed by atoms with van der Waals surface area (Å²) in [5.74, 6) is -0.762. The van der Waals surface area contributed by atoms with E-state index < -0.39 is 11.4 Å². The Bertz CT molecular complexity index is 401. The summed E-state index contributed by atoms with van der Waals surface area (Å²) in [5, 5.41) is 14.1. The molecule has 120 valence electrons. The van der Waals surface area contributed by atoms with Gasteiger partial charge in [-0.15, -0.1) is 0 Å². The summed E-state index contributed by atoms with van der Waals surface area (Å²) >= 11 is 0. The van der Waals surface area contributed by atoms with Gasteiger partial charge in [-0.05, 0) is 32.6 Å². The van der Waals surface area contributed by atoms with Gasteiger partial charge < -0.3 is 20.6 Å². The van der Waals surface area contributed by atoms with Crippen molar-refractivity contribution in [3.05, 3.63) is 0 Å². The van der Waals surface area contributed by atoms with Crippen molar-refractivity contribution in [3.63, 3.8) is 0 Å². The molecule has 0 aliphatic carbocycles. The third-order valence-electron chi connectivity index (χ3n) is 3.89. The number of piperidine rings is 1. The van der Waals surface area contributed by atoms with E-state index in [1.165, 1.54) is 0 Å². The number of nitrogens with one attached hydrogen (secondary N) is 2. The molecule has 3 amide bonds. The first-order valence-corrected chi connectivity index (χ1v) is 7.23. The van der Waals surface area contributed by atoms with Gasteiger partial charge in [0, 0.05) is 33.1 Å². The van der Waals surface area contributed by atoms with Crippen LogP contribution in [0.4, 0.5) is 4.79 Å². The lowest BCUT2D eigenvalue weighted by Gasteiger charge is -2.32. The Labute approximate surface area is 125 Å². The fraction of sp³-hybridized carbons (Fsp3) is 0.786. The van der Waals surface area contributed by atoms with Crippen molar-refractivity contribution in [2.45, 2.75) is 33.1 Å². The number of carbonyl (C=O) groups excluding carboxylic acids is 2. The SMILES string of the molecule is CNC(=O)C(C)(C)CNC(=O)N1CCC(CC(=O)O)CC1. The fourth-order valence-electron chi connectivity index (χ4n) is 2.41. The number of hydrogen-bond acceptors (Lipinski definition) is 3. The fourth-order valence-corrected chi connectivity index (χ4v) is 2.41. The highest BCUT2D eigenvalue weighted by atomic mass is 16.4. The summed E-state index contributed by atoms with van der Waals surface area (Å²) in [7, 11) is 1.57. The molecular formula is C14H25N3O4. The maximum absolute atomic E-state index is 12.1. The van der Waals surface area contributed by atoms with Gasteiger partial charge in [-0.1, -0.05) is 0 Å². The van der Waals surface area contributed by atoms with Crippen molar-refractivity contribution >= 4 is 17.9 Å². The molecule has 3 N–H and O–H groups in total. The number of carboxylic acid groups (broad SMARTS) is 1. The van der Waals surface area contributed by atoms with Crippen LogP contribution >= 0.6 is 0 Å². The molecule has 0 bridgehead atoms. The second-order valence-corrected chi connectivity index (χ2v) is 6.15. The lowest BCUT2D eigenvalue weighted by Crippen LogP contribution is -2.49. The molecule has 0 atom stereocenters. The number of amides is 3. The number of nitrogens with zero attached hydrogens (tertiary/aromatic N) is 1. The third kappa shape index (κ3) is 5.24. The maximum Gasteiger partial charge on any atom is 0.317 e. The summed E-state index contributed by atoms with van der Waals surface area (Å²) < 4.78 is 0. The number of aliphatic carboxylic acids is 1. The molecule has 1 aliphatic heterocycles. The van der Waals surface area contributed by atoms with Crippen LogP contribution in [0.5, 0.6) is 0 Å². The maximum atomic E-state index is 12.1. The van der Waals surface area contributed by atoms with E-state index in [-0.39, 0.29) is 30.8 Å². The Kier molecular flexibility index (Phi) is 5.99. The van der Waals surface area contributed by atoms with Crippen LogP contribution in [-0.4, -0.2) is 54.6 Å². The molecule has 0 saturated carbocycles. The summed E-state index contributed by atoms with van der Waals surface area (Å²) in [5.41, 5.74) is -0.661. The van der Waals surface area contributed by atoms with E-state index in [0.29, 0.717) is 25.9 Å². The molecule has 0 radical (unpaired) electrons. The lowest BCUT2D eigenvalue weighted by molar-refractivity contribution is -0.138. The zero-order valence-corrected chi connectivity index (χ0v) is 12.9. The van der Waals surface area contributed by atoms with E-state index >= 15 is 0 Å². The van der Waals surface area contributed by atoms with E-state index in [4.69, 9.17) is 5.11 Å². The van der Waals surface area contributed by atoms with Gasteiger partial charge in [0.15, 0.2) is 0 Å². The molecule has 0 spiro atoms. The molecule has 1 fully saturated rings. The molecule has 1 rings (SSSR count). The van der Waals surface area contributed by atoms with E-state index in [9.17, 15) is 14.4 Å². The average molecular weight is 299 g/mol. The Morgan fingerprint density at radius 3 is 2.29 bits per heavy atom. The number of rotatable bonds is 5. The van der Waals surface area contributed by atoms with Crippen molar-refractivity contribution in [2.75, 3.05) is 26.7 Å². The highest BCUT2D eigenvalue weighted by Crippen LogP contribution is 2.20. The van der Waals surface area contributed by atoms with Gasteiger partial charge in [0.1, 0.15) is 0 Å². The molecule has 0 aromatic heterocycles. The van der Waals surface area contributed by atoms with Gasteiger partial charge in [-0.3, -0.25) is 9.59 Å². The van der Waals surface area contributed by atoms with Crippen molar-refractivity contribution in [3.8, 4) is 0 Å². The first-order valence-electron chi connectivity index (χ1n) is 7.23. The first-order chi connectivity index (χ1) is 9.76. The number of likely N-dealkylation sites (tertiary alicyclic amines) is 1. The van der Waals surface area contributed by atoms with Crippen LogP contribution in [0.3, 0.4) is 0 Å². The van der Waals surface area contributed by atoms with Crippen LogP contribution < -0.4 is 10.6 Å². The topological polar surface area (TPSA) is 98.7 Å². The van der Waals surface area contributed by atoms with Gasteiger partial charge >= 0.3 is 12.0 Å². The van der Waals surface area contributed by atoms with Crippen molar-refractivity contribution in [2.24, 2.45) is 11.3 Å². The molecule has 7 heteroatoms. The van der Waals surface area contributed by atoms with Crippen LogP contribution in [0, 0.1) is 11.3 Å². The Morgan fingerprint density at radius 1 is 1.24 bits per heavy atom. The highest BCUT2D eigenvalue weighted by molar-refractivity contribution is 5.83. The van der Waals surface area contributed by atoms with Gasteiger partial charge in [0.25, 0.3) is 0 Å². The molecule has 1 heterocycles. The molecular weight excluding hydrogens is 274 g/mol. The van der Waals surface area contributed by atoms with Crippen LogP contribution in [0.15, 0.2) is 0 Å². The van der Waals surface area contributed by atoms with Gasteiger partial charge in [-0.2, -0.15) is 0 Å². The van der Waals surface area contributed by atoms with Gasteiger partial charge in [0.2, 0.25) is 5.91 Å². The first kappa shape index (κ1) is 17.3. The van der Waals surface area contributed by atoms with Crippen LogP contribution in [0.2, 0.25) is 0 Å². The van der Waals surface area contributed by atoms with Gasteiger partial charge in [-0.25, -0.2) is 4.79 Å². The van der Waals surface area contributed by atoms with Crippen molar-refractivity contribution < 1.29 is 19.5 Å². The molecule has 0 aromatic carbocycles. The lowest BCUT2D eigenvalue weighted by atomic mass is 9.92. The minimum atomic E-state index is -0.787. The monoisotopic (exact) mass is 299 g/mol. The normalized spacial score (nSPS) is 16.4. The van der Waals surface area contributed by atoms with E-state index in [0.717, 1.165) is 0 Å². The predicted molar refractivity (Wildman–Crippen MR) is 77.8 cm³/mol. The van der Waals surface area contributed by atoms with E-state index in [1.807, 2.05) is 0 Å². The molecule has 0 unspecified atom stereocenters. The smallest absolute Gasteiger partial charge is 0.317 e. The quantitative estimate of drug-likeness (QED) is 0.694. The largest absolute Gasteiger partial charge is 0.481 e. The highest BCUT2D eigenvalue weighted by Gasteiger charge is 2.29. The zero-order valence-electron chi connectivity index (χ0n) is 12.9. The van der Waals surface area contributed by atoms with E-state index in [2.05, 4.69) is 10.6 Å². The standard InChI is InChI=1S/C14H25N3O4/c1-14(2,12(20)15-3)9-16-13(21)17-6-4-10(5-7-17)8-11(18)19/h10H,4-9H2,1-3H3,(H,15,20)(H,16,21)(H,18,19). The number of urea groups is 1. The zero-order chi connectivity index (χ0) is 16.0. The minimum Gasteiger partial charge on any atom is -0.481 e. The van der Waals surface area contributed by atoms with Crippen molar-refractivity contribution in [1.82, 2.24) is 15.5 Å². The molecule has 1 saturated heterocycles. The molecule has 0 aromatic rings. The summed E-state index contributed by atoms with van der Waals surface area (Å²) in [4.78, 5) is 36.0. The molecule has 7 nitrogen and oxygen atoms in total. The average Bonchev–Trinajstić information content (AvgIpc) is 2.44. The number of hydrogen-bond donors (Lipinski definition) is 3. The van der Waals surface area contributed by atoms with Crippen molar-refractivity contribution in [1.29, 1.82) is 0 Å². The second kappa shape index (κ2) is 7.28. The summed E-state index contributed by atoms with van der Waals surface area (Å²) in [6, 6.07) is -0.194. The van der Waals surface area contributed by atoms with Crippen LogP contribution in [0.25, 0.3) is 0 Å². The third-order valence-corrected chi connectivity index (χ3v) is 3.89. The Morgan fingerprint density at radius 2 is 1.81 bits per heavy atom. The Hall–Kier alpha value is -1.79. The summed E-state index contributed by atoms with van der Waals surface area (Å²) in [6.07, 6.45) is 1.58. The van der Waals surface area contributed by atoms with Crippen LogP contribution in [-0.2, 0) is 9.59 Å². The predicted octanol–water partition coefficient (Wildman–Crippen LogP) is 0.655.